The summed E-state index contributed by atoms with van der Waals surface area (Å²) in [4.78, 5) is 4.53. The van der Waals surface area contributed by atoms with Crippen LogP contribution in [0, 0.1) is 0 Å². The molecule has 0 bridgehead atoms. The third-order valence-corrected chi connectivity index (χ3v) is 3.12. The van der Waals surface area contributed by atoms with Gasteiger partial charge in [-0.1, -0.05) is 0 Å². The number of rotatable bonds is 3. The summed E-state index contributed by atoms with van der Waals surface area (Å²) in [6, 6.07) is 0. The Balaban J connectivity index is 2.32. The highest BCUT2D eigenvalue weighted by molar-refractivity contribution is 9.10. The fraction of sp³-hybridized carbons (Fsp3) is 0.667. The minimum atomic E-state index is 0.715. The van der Waals surface area contributed by atoms with Gasteiger partial charge in [0.05, 0.1) is 5.69 Å². The van der Waals surface area contributed by atoms with E-state index < -0.39 is 0 Å². The van der Waals surface area contributed by atoms with E-state index in [0.717, 1.165) is 11.1 Å². The molecule has 0 atom stereocenters. The molecule has 72 valence electrons. The van der Waals surface area contributed by atoms with Crippen molar-refractivity contribution >= 4 is 15.9 Å². The Morgan fingerprint density at radius 3 is 2.85 bits per heavy atom. The Kier molecular flexibility index (Phi) is 2.43. The molecule has 1 aromatic heterocycles. The maximum atomic E-state index is 4.53. The maximum absolute atomic E-state index is 4.53. The Bertz CT molecular complexity index is 315. The van der Waals surface area contributed by atoms with Crippen molar-refractivity contribution in [3.63, 3.8) is 0 Å². The Morgan fingerprint density at radius 1 is 1.62 bits per heavy atom. The van der Waals surface area contributed by atoms with Gasteiger partial charge in [0.25, 0.3) is 0 Å². The first kappa shape index (κ1) is 9.21. The van der Waals surface area contributed by atoms with E-state index in [4.69, 9.17) is 0 Å². The molecule has 4 heteroatoms. The lowest BCUT2D eigenvalue weighted by Gasteiger charge is -2.04. The van der Waals surface area contributed by atoms with Crippen molar-refractivity contribution in [3.05, 3.63) is 16.1 Å². The lowest BCUT2D eigenvalue weighted by molar-refractivity contribution is 0.703. The minimum absolute atomic E-state index is 0.715. The first-order valence-corrected chi connectivity index (χ1v) is 5.39. The van der Waals surface area contributed by atoms with Crippen LogP contribution in [0.1, 0.15) is 30.3 Å². The largest absolute Gasteiger partial charge is 0.333 e. The number of nitrogens with one attached hydrogen (secondary N) is 1. The molecule has 0 aromatic carbocycles. The predicted molar refractivity (Wildman–Crippen MR) is 55.6 cm³/mol. The average Bonchev–Trinajstić information content (AvgIpc) is 2.88. The number of hydrogen-bond donors (Lipinski definition) is 1. The van der Waals surface area contributed by atoms with Gasteiger partial charge < -0.3 is 9.88 Å². The molecule has 1 saturated carbocycles. The average molecular weight is 244 g/mol. The zero-order chi connectivity index (χ0) is 9.42. The van der Waals surface area contributed by atoms with Gasteiger partial charge in [-0.3, -0.25) is 0 Å². The van der Waals surface area contributed by atoms with Crippen LogP contribution in [0.25, 0.3) is 0 Å². The number of aromatic nitrogens is 2. The van der Waals surface area contributed by atoms with Crippen molar-refractivity contribution in [2.75, 3.05) is 7.05 Å². The van der Waals surface area contributed by atoms with Crippen LogP contribution in [0.5, 0.6) is 0 Å². The van der Waals surface area contributed by atoms with Crippen LogP contribution in [-0.4, -0.2) is 16.6 Å². The second-order valence-electron chi connectivity index (χ2n) is 3.57. The van der Waals surface area contributed by atoms with Crippen LogP contribution in [-0.2, 0) is 13.6 Å². The van der Waals surface area contributed by atoms with Crippen molar-refractivity contribution in [1.82, 2.24) is 14.9 Å². The highest BCUT2D eigenvalue weighted by Crippen LogP contribution is 2.40. The molecule has 0 amide bonds. The molecular weight excluding hydrogens is 230 g/mol. The van der Waals surface area contributed by atoms with E-state index in [-0.39, 0.29) is 0 Å². The van der Waals surface area contributed by atoms with Gasteiger partial charge in [0.2, 0.25) is 0 Å². The zero-order valence-corrected chi connectivity index (χ0v) is 9.56. The lowest BCUT2D eigenvalue weighted by Crippen LogP contribution is -2.10. The molecule has 2 rings (SSSR count). The normalized spacial score (nSPS) is 16.5. The van der Waals surface area contributed by atoms with Gasteiger partial charge in [-0.25, -0.2) is 4.98 Å². The molecule has 1 aliphatic carbocycles. The third-order valence-electron chi connectivity index (χ3n) is 2.49. The Morgan fingerprint density at radius 2 is 2.31 bits per heavy atom. The minimum Gasteiger partial charge on any atom is -0.333 e. The topological polar surface area (TPSA) is 29.9 Å². The zero-order valence-electron chi connectivity index (χ0n) is 7.97. The second-order valence-corrected chi connectivity index (χ2v) is 4.32. The van der Waals surface area contributed by atoms with Gasteiger partial charge in [0.15, 0.2) is 0 Å². The summed E-state index contributed by atoms with van der Waals surface area (Å²) in [6.45, 7) is 0.872. The van der Waals surface area contributed by atoms with Gasteiger partial charge >= 0.3 is 0 Å². The number of hydrogen-bond acceptors (Lipinski definition) is 2. The van der Waals surface area contributed by atoms with E-state index in [1.807, 2.05) is 7.05 Å². The standard InChI is InChI=1S/C9H14BrN3/c1-11-5-7-8(10)12-9(13(7)2)6-3-4-6/h6,11H,3-5H2,1-2H3. The van der Waals surface area contributed by atoms with Crippen LogP contribution >= 0.6 is 15.9 Å². The summed E-state index contributed by atoms with van der Waals surface area (Å²) in [5.74, 6) is 1.95. The van der Waals surface area contributed by atoms with Crippen LogP contribution in [0.3, 0.4) is 0 Å². The maximum Gasteiger partial charge on any atom is 0.128 e. The smallest absolute Gasteiger partial charge is 0.128 e. The van der Waals surface area contributed by atoms with E-state index in [0.29, 0.717) is 5.92 Å². The van der Waals surface area contributed by atoms with E-state index in [9.17, 15) is 0 Å². The van der Waals surface area contributed by atoms with Crippen LogP contribution in [0.2, 0.25) is 0 Å². The van der Waals surface area contributed by atoms with Crippen molar-refractivity contribution in [1.29, 1.82) is 0 Å². The SMILES string of the molecule is CNCc1c(Br)nc(C2CC2)n1C. The number of imidazole rings is 1. The van der Waals surface area contributed by atoms with Gasteiger partial charge in [0, 0.05) is 19.5 Å². The summed E-state index contributed by atoms with van der Waals surface area (Å²) >= 11 is 3.49. The summed E-state index contributed by atoms with van der Waals surface area (Å²) < 4.78 is 3.20. The fourth-order valence-corrected chi connectivity index (χ4v) is 2.17. The van der Waals surface area contributed by atoms with Crippen molar-refractivity contribution < 1.29 is 0 Å². The molecular formula is C9H14BrN3. The number of nitrogens with zero attached hydrogens (tertiary/aromatic N) is 2. The summed E-state index contributed by atoms with van der Waals surface area (Å²) in [5.41, 5.74) is 1.24. The van der Waals surface area contributed by atoms with E-state index in [1.54, 1.807) is 0 Å². The molecule has 1 N–H and O–H groups in total. The van der Waals surface area contributed by atoms with E-state index in [2.05, 4.69) is 37.8 Å². The lowest BCUT2D eigenvalue weighted by atomic mass is 10.4. The highest BCUT2D eigenvalue weighted by Gasteiger charge is 2.29. The molecule has 0 aliphatic heterocycles. The molecule has 0 radical (unpaired) electrons. The molecule has 1 aliphatic rings. The third kappa shape index (κ3) is 1.65. The molecule has 1 aromatic rings. The van der Waals surface area contributed by atoms with Crippen molar-refractivity contribution in [2.45, 2.75) is 25.3 Å². The summed E-state index contributed by atoms with van der Waals surface area (Å²) in [5, 5.41) is 3.15. The van der Waals surface area contributed by atoms with Crippen molar-refractivity contribution in [2.24, 2.45) is 7.05 Å². The first-order valence-electron chi connectivity index (χ1n) is 4.59. The summed E-state index contributed by atoms with van der Waals surface area (Å²) in [6.07, 6.45) is 2.60. The molecule has 0 unspecified atom stereocenters. The molecule has 13 heavy (non-hydrogen) atoms. The molecule has 3 nitrogen and oxygen atoms in total. The number of halogens is 1. The van der Waals surface area contributed by atoms with E-state index in [1.165, 1.54) is 24.4 Å². The van der Waals surface area contributed by atoms with Gasteiger partial charge in [-0.05, 0) is 35.8 Å². The monoisotopic (exact) mass is 243 g/mol. The Hall–Kier alpha value is -0.350. The van der Waals surface area contributed by atoms with E-state index >= 15 is 0 Å². The quantitative estimate of drug-likeness (QED) is 0.878. The molecule has 0 saturated heterocycles. The van der Waals surface area contributed by atoms with Crippen LogP contribution in [0.15, 0.2) is 4.60 Å². The van der Waals surface area contributed by atoms with Gasteiger partial charge in [0.1, 0.15) is 10.4 Å². The first-order chi connectivity index (χ1) is 6.24. The second kappa shape index (κ2) is 3.42. The van der Waals surface area contributed by atoms with Gasteiger partial charge in [-0.15, -0.1) is 0 Å². The van der Waals surface area contributed by atoms with Crippen LogP contribution < -0.4 is 5.32 Å². The van der Waals surface area contributed by atoms with Crippen molar-refractivity contribution in [3.8, 4) is 0 Å². The Labute approximate surface area is 86.7 Å². The highest BCUT2D eigenvalue weighted by atomic mass is 79.9. The molecule has 1 heterocycles. The molecule has 0 spiro atoms. The van der Waals surface area contributed by atoms with Crippen LogP contribution in [0.4, 0.5) is 0 Å². The van der Waals surface area contributed by atoms with Gasteiger partial charge in [-0.2, -0.15) is 0 Å². The fourth-order valence-electron chi connectivity index (χ4n) is 1.58. The predicted octanol–water partition coefficient (Wildman–Crippen LogP) is 1.78. The summed E-state index contributed by atoms with van der Waals surface area (Å²) in [7, 11) is 4.05. The molecule has 1 fully saturated rings.